The summed E-state index contributed by atoms with van der Waals surface area (Å²) in [5, 5.41) is 19.0. The molecule has 3 rings (SSSR count). The van der Waals surface area contributed by atoms with Gasteiger partial charge in [0.15, 0.2) is 0 Å². The van der Waals surface area contributed by atoms with Crippen molar-refractivity contribution < 1.29 is 10.2 Å². The van der Waals surface area contributed by atoms with Gasteiger partial charge in [-0.25, -0.2) is 0 Å². The van der Waals surface area contributed by atoms with Gasteiger partial charge >= 0.3 is 0 Å². The van der Waals surface area contributed by atoms with Gasteiger partial charge in [-0.15, -0.1) is 0 Å². The molecule has 1 fully saturated rings. The van der Waals surface area contributed by atoms with Crippen LogP contribution in [0.15, 0.2) is 12.1 Å². The second-order valence-electron chi connectivity index (χ2n) is 7.47. The molecule has 2 atom stereocenters. The zero-order valence-electron chi connectivity index (χ0n) is 13.9. The van der Waals surface area contributed by atoms with Crippen LogP contribution in [0.4, 0.5) is 0 Å². The Morgan fingerprint density at radius 3 is 2.55 bits per heavy atom. The molecule has 1 saturated heterocycles. The number of nitrogens with zero attached hydrogens (tertiary/aromatic N) is 1. The van der Waals surface area contributed by atoms with Crippen molar-refractivity contribution in [2.75, 3.05) is 13.1 Å². The van der Waals surface area contributed by atoms with Gasteiger partial charge in [0.05, 0.1) is 13.2 Å². The Hall–Kier alpha value is -0.900. The van der Waals surface area contributed by atoms with Crippen LogP contribution >= 0.6 is 0 Å². The van der Waals surface area contributed by atoms with Crippen LogP contribution in [0, 0.1) is 11.8 Å². The lowest BCUT2D eigenvalue weighted by atomic mass is 9.80. The van der Waals surface area contributed by atoms with E-state index in [-0.39, 0.29) is 13.2 Å². The van der Waals surface area contributed by atoms with E-state index >= 15 is 0 Å². The first kappa shape index (κ1) is 16.0. The molecule has 3 nitrogen and oxygen atoms in total. The third kappa shape index (κ3) is 3.08. The Labute approximate surface area is 134 Å². The molecule has 0 spiro atoms. The maximum absolute atomic E-state index is 9.56. The van der Waals surface area contributed by atoms with Crippen LogP contribution in [0.2, 0.25) is 0 Å². The molecule has 0 aromatic heterocycles. The summed E-state index contributed by atoms with van der Waals surface area (Å²) in [5.74, 6) is 1.62. The van der Waals surface area contributed by atoms with Crippen LogP contribution in [-0.4, -0.2) is 28.2 Å². The second kappa shape index (κ2) is 6.69. The summed E-state index contributed by atoms with van der Waals surface area (Å²) in [5.41, 5.74) is 4.57. The quantitative estimate of drug-likeness (QED) is 0.898. The predicted molar refractivity (Wildman–Crippen MR) is 88.5 cm³/mol. The summed E-state index contributed by atoms with van der Waals surface area (Å²) in [4.78, 5) is 2.65. The number of aliphatic hydroxyl groups is 2. The molecule has 0 aliphatic carbocycles. The largest absolute Gasteiger partial charge is 0.392 e. The molecular formula is C19H29NO2. The molecule has 2 aliphatic rings. The summed E-state index contributed by atoms with van der Waals surface area (Å²) >= 11 is 0. The van der Waals surface area contributed by atoms with E-state index in [1.165, 1.54) is 36.9 Å². The predicted octanol–water partition coefficient (Wildman–Crippen LogP) is 3.03. The molecular weight excluding hydrogens is 274 g/mol. The van der Waals surface area contributed by atoms with E-state index in [9.17, 15) is 10.2 Å². The molecule has 0 radical (unpaired) electrons. The van der Waals surface area contributed by atoms with Gasteiger partial charge in [0.2, 0.25) is 0 Å². The molecule has 1 aromatic carbocycles. The van der Waals surface area contributed by atoms with Gasteiger partial charge < -0.3 is 10.2 Å². The fourth-order valence-electron chi connectivity index (χ4n) is 4.43. The van der Waals surface area contributed by atoms with Crippen molar-refractivity contribution in [3.8, 4) is 0 Å². The Morgan fingerprint density at radius 2 is 1.86 bits per heavy atom. The minimum Gasteiger partial charge on any atom is -0.392 e. The van der Waals surface area contributed by atoms with Crippen molar-refractivity contribution in [2.24, 2.45) is 11.8 Å². The Bertz CT molecular complexity index is 526. The lowest BCUT2D eigenvalue weighted by molar-refractivity contribution is 0.0894. The van der Waals surface area contributed by atoms with Crippen molar-refractivity contribution in [1.29, 1.82) is 0 Å². The highest BCUT2D eigenvalue weighted by Crippen LogP contribution is 2.40. The summed E-state index contributed by atoms with van der Waals surface area (Å²) in [6.07, 6.45) is 4.95. The first-order valence-electron chi connectivity index (χ1n) is 8.72. The van der Waals surface area contributed by atoms with Crippen molar-refractivity contribution in [2.45, 2.75) is 58.8 Å². The molecule has 0 amide bonds. The normalized spacial score (nSPS) is 25.1. The van der Waals surface area contributed by atoms with E-state index in [2.05, 4.69) is 30.9 Å². The highest BCUT2D eigenvalue weighted by atomic mass is 16.3. The van der Waals surface area contributed by atoms with E-state index in [0.717, 1.165) is 35.9 Å². The summed E-state index contributed by atoms with van der Waals surface area (Å²) in [6.45, 7) is 7.04. The van der Waals surface area contributed by atoms with Gasteiger partial charge in [-0.05, 0) is 59.8 Å². The van der Waals surface area contributed by atoms with Gasteiger partial charge in [0.25, 0.3) is 0 Å². The smallest absolute Gasteiger partial charge is 0.0685 e. The lowest BCUT2D eigenvalue weighted by Gasteiger charge is -2.44. The number of hydrogen-bond acceptors (Lipinski definition) is 3. The van der Waals surface area contributed by atoms with Crippen molar-refractivity contribution in [1.82, 2.24) is 4.90 Å². The Morgan fingerprint density at radius 1 is 1.14 bits per heavy atom. The van der Waals surface area contributed by atoms with Crippen LogP contribution in [-0.2, 0) is 19.6 Å². The minimum atomic E-state index is 0.0197. The molecule has 0 bridgehead atoms. The minimum absolute atomic E-state index is 0.0197. The molecule has 1 aromatic rings. The molecule has 2 aliphatic heterocycles. The number of benzene rings is 1. The van der Waals surface area contributed by atoms with E-state index in [4.69, 9.17) is 0 Å². The molecule has 22 heavy (non-hydrogen) atoms. The third-order valence-electron chi connectivity index (χ3n) is 5.42. The number of fused-ring (bicyclic) bond motifs is 3. The maximum atomic E-state index is 9.56. The maximum Gasteiger partial charge on any atom is 0.0685 e. The summed E-state index contributed by atoms with van der Waals surface area (Å²) < 4.78 is 0. The Balaban J connectivity index is 1.82. The fraction of sp³-hybridized carbons (Fsp3) is 0.684. The molecule has 0 saturated carbocycles. The molecule has 0 unspecified atom stereocenters. The number of aliphatic hydroxyl groups excluding tert-OH is 2. The van der Waals surface area contributed by atoms with Crippen LogP contribution in [0.5, 0.6) is 0 Å². The van der Waals surface area contributed by atoms with Crippen molar-refractivity contribution >= 4 is 0 Å². The van der Waals surface area contributed by atoms with E-state index < -0.39 is 0 Å². The topological polar surface area (TPSA) is 43.7 Å². The second-order valence-corrected chi connectivity index (χ2v) is 7.47. The molecule has 122 valence electrons. The molecule has 2 heterocycles. The van der Waals surface area contributed by atoms with Gasteiger partial charge in [-0.3, -0.25) is 4.90 Å². The van der Waals surface area contributed by atoms with Crippen LogP contribution < -0.4 is 0 Å². The van der Waals surface area contributed by atoms with Crippen LogP contribution in [0.25, 0.3) is 0 Å². The average molecular weight is 303 g/mol. The first-order valence-corrected chi connectivity index (χ1v) is 8.72. The number of piperidine rings is 1. The van der Waals surface area contributed by atoms with E-state index in [1.807, 2.05) is 0 Å². The SMILES string of the molecule is CC(C)C[C@@H]1CC[C@@H]2c3cc(CO)c(CO)cc3CCN2C1. The van der Waals surface area contributed by atoms with Crippen LogP contribution in [0.1, 0.15) is 61.4 Å². The van der Waals surface area contributed by atoms with E-state index in [1.54, 1.807) is 0 Å². The van der Waals surface area contributed by atoms with Crippen molar-refractivity contribution in [3.63, 3.8) is 0 Å². The van der Waals surface area contributed by atoms with Gasteiger partial charge in [0, 0.05) is 19.1 Å². The van der Waals surface area contributed by atoms with Crippen molar-refractivity contribution in [3.05, 3.63) is 34.4 Å². The zero-order chi connectivity index (χ0) is 15.7. The standard InChI is InChI=1S/C19H29NO2/c1-13(2)7-14-3-4-19-18-9-17(12-22)16(11-21)8-15(18)5-6-20(19)10-14/h8-9,13-14,19,21-22H,3-7,10-12H2,1-2H3/t14-,19+/m0/s1. The molecule has 3 heteroatoms. The lowest BCUT2D eigenvalue weighted by Crippen LogP contribution is -2.42. The zero-order valence-corrected chi connectivity index (χ0v) is 13.9. The number of hydrogen-bond donors (Lipinski definition) is 2. The Kier molecular flexibility index (Phi) is 4.86. The van der Waals surface area contributed by atoms with Gasteiger partial charge in [-0.1, -0.05) is 26.0 Å². The fourth-order valence-corrected chi connectivity index (χ4v) is 4.43. The van der Waals surface area contributed by atoms with Crippen LogP contribution in [0.3, 0.4) is 0 Å². The molecule has 2 N–H and O–H groups in total. The van der Waals surface area contributed by atoms with Gasteiger partial charge in [0.1, 0.15) is 0 Å². The highest BCUT2D eigenvalue weighted by molar-refractivity contribution is 5.41. The highest BCUT2D eigenvalue weighted by Gasteiger charge is 2.33. The summed E-state index contributed by atoms with van der Waals surface area (Å²) in [7, 11) is 0. The van der Waals surface area contributed by atoms with Gasteiger partial charge in [-0.2, -0.15) is 0 Å². The average Bonchev–Trinajstić information content (AvgIpc) is 2.52. The monoisotopic (exact) mass is 303 g/mol. The summed E-state index contributed by atoms with van der Waals surface area (Å²) in [6, 6.07) is 4.80. The first-order chi connectivity index (χ1) is 10.6. The number of rotatable bonds is 4. The van der Waals surface area contributed by atoms with E-state index in [0.29, 0.717) is 6.04 Å². The third-order valence-corrected chi connectivity index (χ3v) is 5.42.